The fourth-order valence-electron chi connectivity index (χ4n) is 2.76. The monoisotopic (exact) mass is 360 g/mol. The second-order valence-corrected chi connectivity index (χ2v) is 7.44. The van der Waals surface area contributed by atoms with Crippen molar-refractivity contribution in [1.29, 1.82) is 0 Å². The molecule has 1 unspecified atom stereocenters. The Morgan fingerprint density at radius 1 is 1.00 bits per heavy atom. The van der Waals surface area contributed by atoms with Crippen LogP contribution in [0.3, 0.4) is 0 Å². The Kier molecular flexibility index (Phi) is 4.93. The van der Waals surface area contributed by atoms with Crippen molar-refractivity contribution in [2.45, 2.75) is 23.1 Å². The van der Waals surface area contributed by atoms with Gasteiger partial charge in [-0.15, -0.1) is 0 Å². The van der Waals surface area contributed by atoms with Crippen LogP contribution in [0.5, 0.6) is 5.75 Å². The average molecular weight is 360 g/mol. The van der Waals surface area contributed by atoms with E-state index in [4.69, 9.17) is 4.74 Å². The fourth-order valence-corrected chi connectivity index (χ4v) is 3.60. The molecule has 1 atom stereocenters. The second-order valence-electron chi connectivity index (χ2n) is 6.30. The topological polar surface area (TPSA) is 37.4 Å². The van der Waals surface area contributed by atoms with Crippen LogP contribution in [0.1, 0.15) is 13.3 Å². The average Bonchev–Trinajstić information content (AvgIpc) is 3.12. The second kappa shape index (κ2) is 7.67. The van der Waals surface area contributed by atoms with E-state index in [0.29, 0.717) is 11.8 Å². The van der Waals surface area contributed by atoms with Crippen molar-refractivity contribution in [2.24, 2.45) is 10.9 Å². The van der Waals surface area contributed by atoms with Gasteiger partial charge in [0, 0.05) is 27.4 Å². The maximum atomic E-state index is 6.09. The highest BCUT2D eigenvalue weighted by molar-refractivity contribution is 7.99. The van der Waals surface area contributed by atoms with Crippen molar-refractivity contribution < 1.29 is 4.74 Å². The third kappa shape index (κ3) is 3.92. The summed E-state index contributed by atoms with van der Waals surface area (Å²) in [6, 6.07) is 20.5. The zero-order valence-electron chi connectivity index (χ0n) is 14.6. The van der Waals surface area contributed by atoms with Gasteiger partial charge in [0.05, 0.1) is 0 Å². The van der Waals surface area contributed by atoms with Crippen LogP contribution in [-0.4, -0.2) is 11.2 Å². The minimum absolute atomic E-state index is 0.390. The number of aliphatic imine (C=N–C) groups is 1. The normalized spacial score (nSPS) is 21.0. The first-order valence-electron chi connectivity index (χ1n) is 8.71. The smallest absolute Gasteiger partial charge is 0.243 e. The molecule has 0 bridgehead atoms. The van der Waals surface area contributed by atoms with Gasteiger partial charge in [0.25, 0.3) is 0 Å². The number of benzene rings is 2. The molecule has 0 spiro atoms. The summed E-state index contributed by atoms with van der Waals surface area (Å²) in [7, 11) is 0. The van der Waals surface area contributed by atoms with Gasteiger partial charge in [-0.05, 0) is 54.8 Å². The summed E-state index contributed by atoms with van der Waals surface area (Å²) in [5.41, 5.74) is 0. The van der Waals surface area contributed by atoms with Crippen LogP contribution in [0, 0.1) is 5.92 Å². The summed E-state index contributed by atoms with van der Waals surface area (Å²) in [5, 5.41) is 2.07. The summed E-state index contributed by atoms with van der Waals surface area (Å²) in [6.07, 6.45) is 7.09. The highest BCUT2D eigenvalue weighted by Gasteiger charge is 2.07. The zero-order valence-corrected chi connectivity index (χ0v) is 15.4. The van der Waals surface area contributed by atoms with Crippen LogP contribution in [0.4, 0.5) is 0 Å². The Bertz CT molecular complexity index is 1020. The number of nitrogens with zero attached hydrogens (tertiary/aromatic N) is 1. The van der Waals surface area contributed by atoms with Gasteiger partial charge in [-0.1, -0.05) is 43.0 Å². The molecule has 0 aliphatic carbocycles. The van der Waals surface area contributed by atoms with Crippen LogP contribution in [0.25, 0.3) is 12.0 Å². The Balaban J connectivity index is 1.59. The predicted molar refractivity (Wildman–Crippen MR) is 108 cm³/mol. The lowest BCUT2D eigenvalue weighted by Gasteiger charge is -2.09. The molecule has 1 aliphatic rings. The third-order valence-corrected chi connectivity index (χ3v) is 5.18. The molecule has 1 aromatic heterocycles. The van der Waals surface area contributed by atoms with E-state index in [1.807, 2.05) is 30.6 Å². The van der Waals surface area contributed by atoms with Crippen molar-refractivity contribution in [3.63, 3.8) is 0 Å². The minimum atomic E-state index is 0.390. The molecule has 3 nitrogen and oxygen atoms in total. The molecule has 26 heavy (non-hydrogen) atoms. The third-order valence-electron chi connectivity index (χ3n) is 4.17. The van der Waals surface area contributed by atoms with Crippen LogP contribution in [0.2, 0.25) is 0 Å². The first kappa shape index (κ1) is 16.7. The Morgan fingerprint density at radius 3 is 2.58 bits per heavy atom. The number of hydrogen-bond donors (Lipinski definition) is 1. The molecule has 130 valence electrons. The molecular formula is C22H20N2OS. The van der Waals surface area contributed by atoms with Crippen molar-refractivity contribution in [1.82, 2.24) is 4.98 Å². The molecule has 0 amide bonds. The van der Waals surface area contributed by atoms with Crippen molar-refractivity contribution >= 4 is 29.9 Å². The van der Waals surface area contributed by atoms with Gasteiger partial charge < -0.3 is 9.72 Å². The van der Waals surface area contributed by atoms with E-state index < -0.39 is 0 Å². The maximum absolute atomic E-state index is 6.09. The highest BCUT2D eigenvalue weighted by atomic mass is 32.2. The van der Waals surface area contributed by atoms with Crippen LogP contribution in [0.15, 0.2) is 81.6 Å². The number of nitrogens with one attached hydrogen (secondary N) is 1. The first-order chi connectivity index (χ1) is 12.8. The quantitative estimate of drug-likeness (QED) is 0.757. The predicted octanol–water partition coefficient (Wildman–Crippen LogP) is 4.20. The highest BCUT2D eigenvalue weighted by Crippen LogP contribution is 2.29. The number of hydrogen-bond acceptors (Lipinski definition) is 3. The molecule has 1 aliphatic heterocycles. The molecule has 0 radical (unpaired) electrons. The molecule has 0 fully saturated rings. The zero-order chi connectivity index (χ0) is 17.8. The number of H-pyrrole nitrogens is 1. The summed E-state index contributed by atoms with van der Waals surface area (Å²) in [5.74, 6) is 1.78. The summed E-state index contributed by atoms with van der Waals surface area (Å²) in [6.45, 7) is 2.16. The number of fused-ring (bicyclic) bond motifs is 1. The molecule has 4 rings (SSSR count). The lowest BCUT2D eigenvalue weighted by atomic mass is 10.1. The first-order valence-corrected chi connectivity index (χ1v) is 9.52. The van der Waals surface area contributed by atoms with Gasteiger partial charge in [0.15, 0.2) is 0 Å². The molecule has 2 heterocycles. The molecule has 4 heteroatoms. The van der Waals surface area contributed by atoms with E-state index in [2.05, 4.69) is 65.4 Å². The minimum Gasteiger partial charge on any atom is -0.437 e. The molecule has 3 aromatic rings. The van der Waals surface area contributed by atoms with Crippen LogP contribution in [-0.2, 0) is 0 Å². The van der Waals surface area contributed by atoms with Gasteiger partial charge in [-0.25, -0.2) is 4.99 Å². The van der Waals surface area contributed by atoms with Gasteiger partial charge in [-0.3, -0.25) is 0 Å². The van der Waals surface area contributed by atoms with Gasteiger partial charge in [-0.2, -0.15) is 0 Å². The summed E-state index contributed by atoms with van der Waals surface area (Å²) >= 11 is 1.74. The molecular weight excluding hydrogens is 340 g/mol. The molecule has 2 aromatic carbocycles. The van der Waals surface area contributed by atoms with E-state index in [9.17, 15) is 0 Å². The number of aromatic amines is 1. The molecule has 0 saturated heterocycles. The Morgan fingerprint density at radius 2 is 1.77 bits per heavy atom. The largest absolute Gasteiger partial charge is 0.437 e. The van der Waals surface area contributed by atoms with Crippen molar-refractivity contribution in [3.8, 4) is 5.75 Å². The maximum Gasteiger partial charge on any atom is 0.243 e. The fraction of sp³-hybridized carbons (Fsp3) is 0.136. The van der Waals surface area contributed by atoms with Crippen molar-refractivity contribution in [3.05, 3.63) is 77.4 Å². The summed E-state index contributed by atoms with van der Waals surface area (Å²) in [4.78, 5) is 10.2. The van der Waals surface area contributed by atoms with Gasteiger partial charge in [0.2, 0.25) is 5.88 Å². The number of aromatic nitrogens is 1. The molecule has 0 saturated carbocycles. The Hall–Kier alpha value is -2.72. The number of rotatable bonds is 4. The standard InChI is InChI=1S/C22H20N2OS/c1-16-7-8-17-13-14-23-21(17)22(24-15-16)25-18-9-11-20(12-10-18)26-19-5-3-2-4-6-19/h2-6,8-16,23H,7H2,1H3/b17-8+,22-21-,24-15-. The van der Waals surface area contributed by atoms with E-state index in [1.54, 1.807) is 11.8 Å². The van der Waals surface area contributed by atoms with Crippen LogP contribution >= 0.6 is 11.8 Å². The SMILES string of the molecule is CC1\C=N/C(Oc2ccc(Sc3ccccc3)cc2)=c2/[nH]cc/c2=C\C1. The van der Waals surface area contributed by atoms with Crippen molar-refractivity contribution in [2.75, 3.05) is 0 Å². The number of ether oxygens (including phenoxy) is 1. The molecule has 1 N–H and O–H groups in total. The van der Waals surface area contributed by atoms with E-state index in [0.717, 1.165) is 22.7 Å². The summed E-state index contributed by atoms with van der Waals surface area (Å²) < 4.78 is 6.09. The lowest BCUT2D eigenvalue weighted by Crippen LogP contribution is -2.28. The van der Waals surface area contributed by atoms with E-state index in [1.165, 1.54) is 9.79 Å². The lowest BCUT2D eigenvalue weighted by molar-refractivity contribution is 0.495. The van der Waals surface area contributed by atoms with E-state index in [-0.39, 0.29) is 0 Å². The van der Waals surface area contributed by atoms with Gasteiger partial charge >= 0.3 is 0 Å². The van der Waals surface area contributed by atoms with E-state index >= 15 is 0 Å². The van der Waals surface area contributed by atoms with Gasteiger partial charge in [0.1, 0.15) is 11.1 Å². The Labute approximate surface area is 157 Å². The van der Waals surface area contributed by atoms with Crippen LogP contribution < -0.4 is 15.3 Å².